The molecule has 2 aromatic heterocycles. The standard InChI is InChI=1S/C19H19ClFN3O2S/c20-14-6-4-7-15(21)13(14)12-17(25)22-10-3-1-2-9-18-23-19(24-26-18)16-8-5-11-27-16/h4-8,11H,1-3,9-10,12H2,(H,22,25). The first kappa shape index (κ1) is 19.5. The number of aryl methyl sites for hydroxylation is 1. The maximum absolute atomic E-state index is 13.7. The number of halogens is 2. The second-order valence-electron chi connectivity index (χ2n) is 6.03. The number of aromatic nitrogens is 2. The van der Waals surface area contributed by atoms with Crippen LogP contribution in [0, 0.1) is 5.82 Å². The highest BCUT2D eigenvalue weighted by molar-refractivity contribution is 7.13. The van der Waals surface area contributed by atoms with Crippen LogP contribution in [0.2, 0.25) is 5.02 Å². The molecule has 2 heterocycles. The molecule has 5 nitrogen and oxygen atoms in total. The Balaban J connectivity index is 1.32. The third-order valence-electron chi connectivity index (χ3n) is 4.00. The molecule has 1 N–H and O–H groups in total. The number of carbonyl (C=O) groups is 1. The summed E-state index contributed by atoms with van der Waals surface area (Å²) in [7, 11) is 0. The smallest absolute Gasteiger partial charge is 0.226 e. The Bertz CT molecular complexity index is 863. The second-order valence-corrected chi connectivity index (χ2v) is 7.38. The molecule has 0 atom stereocenters. The highest BCUT2D eigenvalue weighted by atomic mass is 35.5. The van der Waals surface area contributed by atoms with Crippen LogP contribution in [-0.4, -0.2) is 22.6 Å². The van der Waals surface area contributed by atoms with Crippen LogP contribution in [0.3, 0.4) is 0 Å². The molecule has 1 amide bonds. The molecule has 3 rings (SSSR count). The third kappa shape index (κ3) is 5.61. The van der Waals surface area contributed by atoms with E-state index in [0.29, 0.717) is 24.7 Å². The molecule has 1 aromatic carbocycles. The van der Waals surface area contributed by atoms with Gasteiger partial charge in [0.05, 0.1) is 11.3 Å². The average molecular weight is 408 g/mol. The molecule has 0 spiro atoms. The van der Waals surface area contributed by atoms with Gasteiger partial charge >= 0.3 is 0 Å². The minimum atomic E-state index is -0.459. The fraction of sp³-hybridized carbons (Fsp3) is 0.316. The van der Waals surface area contributed by atoms with E-state index in [1.165, 1.54) is 12.1 Å². The van der Waals surface area contributed by atoms with E-state index < -0.39 is 5.82 Å². The maximum Gasteiger partial charge on any atom is 0.226 e. The summed E-state index contributed by atoms with van der Waals surface area (Å²) in [6.45, 7) is 0.537. The minimum Gasteiger partial charge on any atom is -0.356 e. The van der Waals surface area contributed by atoms with Crippen molar-refractivity contribution in [3.05, 3.63) is 58.0 Å². The van der Waals surface area contributed by atoms with E-state index in [1.807, 2.05) is 17.5 Å². The molecule has 0 saturated carbocycles. The van der Waals surface area contributed by atoms with Crippen molar-refractivity contribution in [2.24, 2.45) is 0 Å². The van der Waals surface area contributed by atoms with Crippen molar-refractivity contribution in [2.75, 3.05) is 6.54 Å². The van der Waals surface area contributed by atoms with E-state index in [2.05, 4.69) is 15.5 Å². The van der Waals surface area contributed by atoms with Crippen LogP contribution in [0.5, 0.6) is 0 Å². The van der Waals surface area contributed by atoms with Gasteiger partial charge in [-0.05, 0) is 36.4 Å². The van der Waals surface area contributed by atoms with E-state index in [0.717, 1.165) is 24.1 Å². The van der Waals surface area contributed by atoms with Crippen molar-refractivity contribution >= 4 is 28.8 Å². The SMILES string of the molecule is O=C(Cc1c(F)cccc1Cl)NCCCCCc1nc(-c2cccs2)no1. The lowest BCUT2D eigenvalue weighted by Gasteiger charge is -2.07. The summed E-state index contributed by atoms with van der Waals surface area (Å²) in [5, 5.41) is 9.01. The van der Waals surface area contributed by atoms with Gasteiger partial charge in [-0.2, -0.15) is 4.98 Å². The molecule has 3 aromatic rings. The van der Waals surface area contributed by atoms with Crippen LogP contribution in [0.15, 0.2) is 40.2 Å². The van der Waals surface area contributed by atoms with Crippen molar-refractivity contribution in [3.63, 3.8) is 0 Å². The zero-order chi connectivity index (χ0) is 19.1. The number of rotatable bonds is 9. The molecule has 27 heavy (non-hydrogen) atoms. The van der Waals surface area contributed by atoms with Gasteiger partial charge in [0.25, 0.3) is 0 Å². The Kier molecular flexibility index (Phi) is 6.95. The fourth-order valence-corrected chi connectivity index (χ4v) is 3.47. The van der Waals surface area contributed by atoms with E-state index in [4.69, 9.17) is 16.1 Å². The van der Waals surface area contributed by atoms with Gasteiger partial charge in [-0.25, -0.2) is 4.39 Å². The molecule has 0 aliphatic carbocycles. The number of amides is 1. The Hall–Kier alpha value is -2.25. The Labute approximate surface area is 165 Å². The largest absolute Gasteiger partial charge is 0.356 e. The normalized spacial score (nSPS) is 10.9. The molecule has 0 unspecified atom stereocenters. The zero-order valence-corrected chi connectivity index (χ0v) is 16.2. The molecule has 0 saturated heterocycles. The molecule has 0 aliphatic heterocycles. The summed E-state index contributed by atoms with van der Waals surface area (Å²) >= 11 is 7.50. The number of carbonyl (C=O) groups excluding carboxylic acids is 1. The fourth-order valence-electron chi connectivity index (χ4n) is 2.59. The quantitative estimate of drug-likeness (QED) is 0.524. The molecule has 0 radical (unpaired) electrons. The molecular weight excluding hydrogens is 389 g/mol. The third-order valence-corrected chi connectivity index (χ3v) is 5.22. The molecule has 142 valence electrons. The van der Waals surface area contributed by atoms with Gasteiger partial charge < -0.3 is 9.84 Å². The number of thiophene rings is 1. The summed E-state index contributed by atoms with van der Waals surface area (Å²) < 4.78 is 18.9. The lowest BCUT2D eigenvalue weighted by atomic mass is 10.1. The number of hydrogen-bond acceptors (Lipinski definition) is 5. The van der Waals surface area contributed by atoms with Crippen molar-refractivity contribution in [1.82, 2.24) is 15.5 Å². The molecule has 0 fully saturated rings. The predicted octanol–water partition coefficient (Wildman–Crippen LogP) is 4.66. The van der Waals surface area contributed by atoms with Crippen molar-refractivity contribution in [3.8, 4) is 10.7 Å². The van der Waals surface area contributed by atoms with E-state index in [1.54, 1.807) is 17.4 Å². The van der Waals surface area contributed by atoms with Crippen molar-refractivity contribution in [1.29, 1.82) is 0 Å². The Morgan fingerprint density at radius 3 is 2.89 bits per heavy atom. The summed E-state index contributed by atoms with van der Waals surface area (Å²) in [6, 6.07) is 8.30. The average Bonchev–Trinajstić information content (AvgIpc) is 3.32. The molecular formula is C19H19ClFN3O2S. The van der Waals surface area contributed by atoms with E-state index in [9.17, 15) is 9.18 Å². The van der Waals surface area contributed by atoms with Crippen LogP contribution in [0.25, 0.3) is 10.7 Å². The van der Waals surface area contributed by atoms with Gasteiger partial charge in [0.1, 0.15) is 5.82 Å². The summed E-state index contributed by atoms with van der Waals surface area (Å²) in [4.78, 5) is 17.3. The van der Waals surface area contributed by atoms with E-state index in [-0.39, 0.29) is 22.9 Å². The van der Waals surface area contributed by atoms with Crippen LogP contribution >= 0.6 is 22.9 Å². The number of unbranched alkanes of at least 4 members (excludes halogenated alkanes) is 2. The number of nitrogens with zero attached hydrogens (tertiary/aromatic N) is 2. The van der Waals surface area contributed by atoms with Gasteiger partial charge in [-0.15, -0.1) is 11.3 Å². The molecule has 0 bridgehead atoms. The molecule has 8 heteroatoms. The topological polar surface area (TPSA) is 68.0 Å². The van der Waals surface area contributed by atoms with Gasteiger partial charge in [-0.3, -0.25) is 4.79 Å². The summed E-state index contributed by atoms with van der Waals surface area (Å²) in [5.74, 6) is 0.550. The number of nitrogens with one attached hydrogen (secondary N) is 1. The van der Waals surface area contributed by atoms with Crippen LogP contribution in [0.1, 0.15) is 30.7 Å². The Morgan fingerprint density at radius 2 is 2.11 bits per heavy atom. The lowest BCUT2D eigenvalue weighted by Crippen LogP contribution is -2.26. The van der Waals surface area contributed by atoms with Gasteiger partial charge in [0, 0.05) is 23.6 Å². The highest BCUT2D eigenvalue weighted by Crippen LogP contribution is 2.22. The first-order valence-corrected chi connectivity index (χ1v) is 9.95. The minimum absolute atomic E-state index is 0.0566. The van der Waals surface area contributed by atoms with E-state index >= 15 is 0 Å². The zero-order valence-electron chi connectivity index (χ0n) is 14.6. The second kappa shape index (κ2) is 9.62. The first-order valence-electron chi connectivity index (χ1n) is 8.69. The van der Waals surface area contributed by atoms with Crippen molar-refractivity contribution in [2.45, 2.75) is 32.1 Å². The first-order chi connectivity index (χ1) is 13.1. The highest BCUT2D eigenvalue weighted by Gasteiger charge is 2.12. The maximum atomic E-state index is 13.7. The van der Waals surface area contributed by atoms with Crippen LogP contribution in [0.4, 0.5) is 4.39 Å². The van der Waals surface area contributed by atoms with Crippen LogP contribution < -0.4 is 5.32 Å². The van der Waals surface area contributed by atoms with Gasteiger partial charge in [-0.1, -0.05) is 35.3 Å². The summed E-state index contributed by atoms with van der Waals surface area (Å²) in [5.41, 5.74) is 0.231. The van der Waals surface area contributed by atoms with Crippen molar-refractivity contribution < 1.29 is 13.7 Å². The number of hydrogen-bond donors (Lipinski definition) is 1. The Morgan fingerprint density at radius 1 is 1.22 bits per heavy atom. The number of benzene rings is 1. The lowest BCUT2D eigenvalue weighted by molar-refractivity contribution is -0.120. The predicted molar refractivity (Wildman–Crippen MR) is 103 cm³/mol. The molecule has 0 aliphatic rings. The van der Waals surface area contributed by atoms with Gasteiger partial charge in [0.15, 0.2) is 0 Å². The summed E-state index contributed by atoms with van der Waals surface area (Å²) in [6.07, 6.45) is 3.28. The monoisotopic (exact) mass is 407 g/mol. The van der Waals surface area contributed by atoms with Gasteiger partial charge in [0.2, 0.25) is 17.6 Å². The van der Waals surface area contributed by atoms with Crippen LogP contribution in [-0.2, 0) is 17.6 Å².